The first-order valence-corrected chi connectivity index (χ1v) is 10.1. The summed E-state index contributed by atoms with van der Waals surface area (Å²) in [6.45, 7) is 1.79. The molecule has 0 aliphatic heterocycles. The lowest BCUT2D eigenvalue weighted by Gasteiger charge is -2.23. The molecule has 162 valence electrons. The van der Waals surface area contributed by atoms with E-state index in [9.17, 15) is 14.4 Å². The van der Waals surface area contributed by atoms with Crippen LogP contribution in [0.3, 0.4) is 0 Å². The normalized spacial score (nSPS) is 12.7. The van der Waals surface area contributed by atoms with E-state index in [0.717, 1.165) is 5.56 Å². The number of hydrogen-bond donors (Lipinski definition) is 2. The summed E-state index contributed by atoms with van der Waals surface area (Å²) in [5, 5.41) is 5.47. The molecule has 2 atom stereocenters. The summed E-state index contributed by atoms with van der Waals surface area (Å²) in [4.78, 5) is 43.7. The number of ketones is 1. The van der Waals surface area contributed by atoms with Gasteiger partial charge in [0.05, 0.1) is 6.04 Å². The van der Waals surface area contributed by atoms with Crippen molar-refractivity contribution >= 4 is 28.8 Å². The van der Waals surface area contributed by atoms with Crippen molar-refractivity contribution in [2.45, 2.75) is 31.8 Å². The predicted molar refractivity (Wildman–Crippen MR) is 117 cm³/mol. The van der Waals surface area contributed by atoms with Crippen LogP contribution in [0.25, 0.3) is 11.1 Å². The third kappa shape index (κ3) is 5.48. The van der Waals surface area contributed by atoms with Crippen LogP contribution in [0.2, 0.25) is 0 Å². The van der Waals surface area contributed by atoms with E-state index in [2.05, 4.69) is 15.6 Å². The fourth-order valence-corrected chi connectivity index (χ4v) is 3.09. The van der Waals surface area contributed by atoms with E-state index in [1.807, 2.05) is 30.3 Å². The molecule has 0 spiro atoms. The summed E-state index contributed by atoms with van der Waals surface area (Å²) < 4.78 is 5.56. The number of nitrogens with one attached hydrogen (secondary N) is 2. The minimum absolute atomic E-state index is 0.0507. The molecule has 3 amide bonds. The Morgan fingerprint density at radius 3 is 2.29 bits per heavy atom. The zero-order chi connectivity index (χ0) is 22.4. The number of oxazole rings is 1. The molecule has 8 heteroatoms. The summed E-state index contributed by atoms with van der Waals surface area (Å²) in [5.41, 5.74) is 1.97. The number of hydrogen-bond acceptors (Lipinski definition) is 5. The topological polar surface area (TPSA) is 105 Å². The van der Waals surface area contributed by atoms with Crippen LogP contribution in [0.4, 0.5) is 4.79 Å². The van der Waals surface area contributed by atoms with Crippen LogP contribution in [0.1, 0.15) is 29.6 Å². The van der Waals surface area contributed by atoms with E-state index in [4.69, 9.17) is 4.42 Å². The van der Waals surface area contributed by atoms with E-state index in [1.54, 1.807) is 45.3 Å². The van der Waals surface area contributed by atoms with E-state index >= 15 is 0 Å². The molecular formula is C23H26N4O4. The lowest BCUT2D eigenvalue weighted by atomic mass is 10.0. The van der Waals surface area contributed by atoms with Crippen molar-refractivity contribution in [2.75, 3.05) is 14.1 Å². The van der Waals surface area contributed by atoms with E-state index in [-0.39, 0.29) is 5.89 Å². The van der Waals surface area contributed by atoms with Crippen LogP contribution in [0, 0.1) is 0 Å². The average Bonchev–Trinajstić information content (AvgIpc) is 3.21. The number of fused-ring (bicyclic) bond motifs is 1. The predicted octanol–water partition coefficient (Wildman–Crippen LogP) is 2.79. The van der Waals surface area contributed by atoms with Crippen molar-refractivity contribution in [1.82, 2.24) is 20.5 Å². The van der Waals surface area contributed by atoms with Crippen LogP contribution in [0.5, 0.6) is 0 Å². The number of Topliss-reactive ketones (excluding diaryl/α,β-unsaturated/α-hetero) is 1. The Kier molecular flexibility index (Phi) is 7.02. The van der Waals surface area contributed by atoms with Gasteiger partial charge in [-0.2, -0.15) is 0 Å². The first kappa shape index (κ1) is 22.0. The molecule has 0 radical (unpaired) electrons. The van der Waals surface area contributed by atoms with Gasteiger partial charge in [-0.15, -0.1) is 0 Å². The van der Waals surface area contributed by atoms with Crippen LogP contribution in [-0.2, 0) is 11.2 Å². The molecule has 0 fully saturated rings. The second-order valence-corrected chi connectivity index (χ2v) is 7.41. The first-order chi connectivity index (χ1) is 14.9. The number of urea groups is 1. The molecule has 2 aromatic carbocycles. The molecule has 0 bridgehead atoms. The zero-order valence-corrected chi connectivity index (χ0v) is 17.8. The van der Waals surface area contributed by atoms with E-state index < -0.39 is 29.8 Å². The molecule has 0 aliphatic carbocycles. The highest BCUT2D eigenvalue weighted by Crippen LogP contribution is 2.16. The van der Waals surface area contributed by atoms with Crippen molar-refractivity contribution in [3.8, 4) is 0 Å². The van der Waals surface area contributed by atoms with Gasteiger partial charge in [0, 0.05) is 20.5 Å². The average molecular weight is 422 g/mol. The number of carbonyl (C=O) groups is 3. The van der Waals surface area contributed by atoms with Gasteiger partial charge in [-0.1, -0.05) is 49.4 Å². The summed E-state index contributed by atoms with van der Waals surface area (Å²) in [5.74, 6) is -0.912. The van der Waals surface area contributed by atoms with Gasteiger partial charge in [-0.25, -0.2) is 9.78 Å². The summed E-state index contributed by atoms with van der Waals surface area (Å²) in [6.07, 6.45) is 0.642. The summed E-state index contributed by atoms with van der Waals surface area (Å²) in [7, 11) is 3.19. The standard InChI is InChI=1S/C23H26N4O4/c1-4-16(20(28)22-25-17-12-8-9-13-19(17)31-22)24-21(29)18(26-23(30)27(2)3)14-15-10-6-5-7-11-15/h5-13,16,18H,4,14H2,1-3H3,(H,24,29)(H,26,30)/t16-,18-/m0/s1. The van der Waals surface area contributed by atoms with Gasteiger partial charge in [0.15, 0.2) is 5.58 Å². The largest absolute Gasteiger partial charge is 0.434 e. The monoisotopic (exact) mass is 422 g/mol. The SMILES string of the molecule is CC[C@H](NC(=O)[C@H](Cc1ccccc1)NC(=O)N(C)C)C(=O)c1nc2ccccc2o1. The molecule has 1 heterocycles. The maximum Gasteiger partial charge on any atom is 0.317 e. The third-order valence-corrected chi connectivity index (χ3v) is 4.85. The van der Waals surface area contributed by atoms with Crippen LogP contribution < -0.4 is 10.6 Å². The van der Waals surface area contributed by atoms with Crippen molar-refractivity contribution < 1.29 is 18.8 Å². The van der Waals surface area contributed by atoms with E-state index in [1.165, 1.54) is 4.90 Å². The first-order valence-electron chi connectivity index (χ1n) is 10.1. The highest BCUT2D eigenvalue weighted by Gasteiger charge is 2.29. The molecule has 0 aliphatic rings. The smallest absolute Gasteiger partial charge is 0.317 e. The number of para-hydroxylation sites is 2. The molecule has 31 heavy (non-hydrogen) atoms. The summed E-state index contributed by atoms with van der Waals surface area (Å²) >= 11 is 0. The number of rotatable bonds is 8. The van der Waals surface area contributed by atoms with Gasteiger partial charge < -0.3 is 20.0 Å². The Morgan fingerprint density at radius 2 is 1.65 bits per heavy atom. The van der Waals surface area contributed by atoms with Crippen LogP contribution in [0.15, 0.2) is 59.0 Å². The molecule has 0 saturated heterocycles. The van der Waals surface area contributed by atoms with Crippen molar-refractivity contribution in [2.24, 2.45) is 0 Å². The Labute approximate surface area is 180 Å². The third-order valence-electron chi connectivity index (χ3n) is 4.85. The molecule has 0 saturated carbocycles. The number of carbonyl (C=O) groups excluding carboxylic acids is 3. The fraction of sp³-hybridized carbons (Fsp3) is 0.304. The van der Waals surface area contributed by atoms with Crippen molar-refractivity contribution in [3.05, 3.63) is 66.1 Å². The molecule has 0 unspecified atom stereocenters. The Balaban J connectivity index is 1.76. The number of nitrogens with zero attached hydrogens (tertiary/aromatic N) is 2. The second-order valence-electron chi connectivity index (χ2n) is 7.41. The van der Waals surface area contributed by atoms with Gasteiger partial charge in [-0.05, 0) is 24.1 Å². The Hall–Kier alpha value is -3.68. The second kappa shape index (κ2) is 9.88. The van der Waals surface area contributed by atoms with Gasteiger partial charge in [-0.3, -0.25) is 9.59 Å². The maximum atomic E-state index is 13.0. The van der Waals surface area contributed by atoms with Gasteiger partial charge in [0.1, 0.15) is 11.6 Å². The maximum absolute atomic E-state index is 13.0. The highest BCUT2D eigenvalue weighted by molar-refractivity contribution is 6.00. The van der Waals surface area contributed by atoms with Crippen molar-refractivity contribution in [1.29, 1.82) is 0 Å². The lowest BCUT2D eigenvalue weighted by molar-refractivity contribution is -0.123. The minimum Gasteiger partial charge on any atom is -0.434 e. The Bertz CT molecular complexity index is 1030. The highest BCUT2D eigenvalue weighted by atomic mass is 16.4. The van der Waals surface area contributed by atoms with E-state index in [0.29, 0.717) is 23.9 Å². The quantitative estimate of drug-likeness (QED) is 0.543. The molecule has 1 aromatic heterocycles. The fourth-order valence-electron chi connectivity index (χ4n) is 3.09. The molecule has 2 N–H and O–H groups in total. The Morgan fingerprint density at radius 1 is 0.968 bits per heavy atom. The van der Waals surface area contributed by atoms with Gasteiger partial charge in [0.25, 0.3) is 5.89 Å². The molecule has 3 aromatic rings. The summed E-state index contributed by atoms with van der Waals surface area (Å²) in [6, 6.07) is 14.4. The van der Waals surface area contributed by atoms with Crippen LogP contribution in [-0.4, -0.2) is 53.8 Å². The number of amides is 3. The van der Waals surface area contributed by atoms with Crippen molar-refractivity contribution in [3.63, 3.8) is 0 Å². The minimum atomic E-state index is -0.845. The molecular weight excluding hydrogens is 396 g/mol. The zero-order valence-electron chi connectivity index (χ0n) is 17.8. The lowest BCUT2D eigenvalue weighted by Crippen LogP contribution is -2.54. The molecule has 8 nitrogen and oxygen atoms in total. The van der Waals surface area contributed by atoms with Gasteiger partial charge >= 0.3 is 6.03 Å². The molecule has 3 rings (SSSR count). The number of benzene rings is 2. The number of aromatic nitrogens is 1. The van der Waals surface area contributed by atoms with Gasteiger partial charge in [0.2, 0.25) is 11.7 Å². The van der Waals surface area contributed by atoms with Crippen LogP contribution >= 0.6 is 0 Å².